The number of rotatable bonds is 2. The summed E-state index contributed by atoms with van der Waals surface area (Å²) in [4.78, 5) is 2.45. The highest BCUT2D eigenvalue weighted by molar-refractivity contribution is 6.32. The summed E-state index contributed by atoms with van der Waals surface area (Å²) in [5, 5.41) is 13.1. The third-order valence-electron chi connectivity index (χ3n) is 4.27. The van der Waals surface area contributed by atoms with E-state index in [9.17, 15) is 0 Å². The summed E-state index contributed by atoms with van der Waals surface area (Å²) in [5.74, 6) is 0. The van der Waals surface area contributed by atoms with Crippen LogP contribution < -0.4 is 10.2 Å². The van der Waals surface area contributed by atoms with Crippen molar-refractivity contribution in [1.82, 2.24) is 5.32 Å². The van der Waals surface area contributed by atoms with Crippen LogP contribution >= 0.6 is 11.6 Å². The largest absolute Gasteiger partial charge is 0.367 e. The van der Waals surface area contributed by atoms with Crippen LogP contribution in [0.4, 0.5) is 5.69 Å². The number of nitrogens with one attached hydrogen (secondary N) is 1. The summed E-state index contributed by atoms with van der Waals surface area (Å²) in [5.41, 5.74) is 1.71. The number of halogens is 1. The fourth-order valence-electron chi connectivity index (χ4n) is 3.34. The first-order valence-electron chi connectivity index (χ1n) is 6.99. The molecule has 0 radical (unpaired) electrons. The van der Waals surface area contributed by atoms with Gasteiger partial charge in [-0.2, -0.15) is 5.26 Å². The lowest BCUT2D eigenvalue weighted by atomic mass is 10.0. The van der Waals surface area contributed by atoms with Crippen molar-refractivity contribution >= 4 is 17.3 Å². The molecule has 100 valence electrons. The maximum atomic E-state index is 8.94. The number of anilines is 1. The van der Waals surface area contributed by atoms with E-state index in [4.69, 9.17) is 16.9 Å². The van der Waals surface area contributed by atoms with Gasteiger partial charge in [0.15, 0.2) is 0 Å². The SMILES string of the molecule is N#Cc1ccc(N2CCCC2C2CCCN2)cc1Cl. The third kappa shape index (κ3) is 2.43. The molecule has 2 atom stereocenters. The highest BCUT2D eigenvalue weighted by Crippen LogP contribution is 2.32. The van der Waals surface area contributed by atoms with Gasteiger partial charge >= 0.3 is 0 Å². The molecule has 2 fully saturated rings. The van der Waals surface area contributed by atoms with Gasteiger partial charge in [0.25, 0.3) is 0 Å². The molecule has 2 unspecified atom stereocenters. The van der Waals surface area contributed by atoms with Crippen LogP contribution in [0.3, 0.4) is 0 Å². The van der Waals surface area contributed by atoms with Crippen molar-refractivity contribution in [3.8, 4) is 6.07 Å². The van der Waals surface area contributed by atoms with E-state index in [1.54, 1.807) is 0 Å². The van der Waals surface area contributed by atoms with Crippen molar-refractivity contribution in [2.24, 2.45) is 0 Å². The fourth-order valence-corrected chi connectivity index (χ4v) is 3.56. The van der Waals surface area contributed by atoms with Crippen LogP contribution in [0, 0.1) is 11.3 Å². The Balaban J connectivity index is 1.84. The molecule has 19 heavy (non-hydrogen) atoms. The molecule has 2 heterocycles. The van der Waals surface area contributed by atoms with Crippen molar-refractivity contribution in [2.75, 3.05) is 18.0 Å². The molecule has 1 aromatic carbocycles. The van der Waals surface area contributed by atoms with Gasteiger partial charge < -0.3 is 10.2 Å². The Morgan fingerprint density at radius 1 is 1.32 bits per heavy atom. The van der Waals surface area contributed by atoms with Gasteiger partial charge in [0.05, 0.1) is 10.6 Å². The Bertz CT molecular complexity index is 503. The van der Waals surface area contributed by atoms with Crippen LogP contribution in [0.15, 0.2) is 18.2 Å². The van der Waals surface area contributed by atoms with E-state index in [2.05, 4.69) is 16.3 Å². The summed E-state index contributed by atoms with van der Waals surface area (Å²) in [6, 6.07) is 9.09. The zero-order valence-electron chi connectivity index (χ0n) is 10.9. The van der Waals surface area contributed by atoms with Crippen LogP contribution in [0.2, 0.25) is 5.02 Å². The van der Waals surface area contributed by atoms with E-state index in [0.717, 1.165) is 18.8 Å². The van der Waals surface area contributed by atoms with Gasteiger partial charge in [-0.3, -0.25) is 0 Å². The number of benzene rings is 1. The maximum absolute atomic E-state index is 8.94. The zero-order chi connectivity index (χ0) is 13.2. The molecular weight excluding hydrogens is 258 g/mol. The van der Waals surface area contributed by atoms with Gasteiger partial charge in [-0.1, -0.05) is 11.6 Å². The molecule has 1 N–H and O–H groups in total. The Morgan fingerprint density at radius 2 is 2.21 bits per heavy atom. The van der Waals surface area contributed by atoms with Crippen LogP contribution in [0.5, 0.6) is 0 Å². The second kappa shape index (κ2) is 5.40. The first-order chi connectivity index (χ1) is 9.29. The first-order valence-corrected chi connectivity index (χ1v) is 7.37. The lowest BCUT2D eigenvalue weighted by Gasteiger charge is -2.31. The van der Waals surface area contributed by atoms with Crippen LogP contribution in [0.25, 0.3) is 0 Å². The molecule has 0 amide bonds. The summed E-state index contributed by atoms with van der Waals surface area (Å²) in [7, 11) is 0. The minimum absolute atomic E-state index is 0.556. The lowest BCUT2D eigenvalue weighted by molar-refractivity contribution is 0.483. The van der Waals surface area contributed by atoms with Crippen molar-refractivity contribution < 1.29 is 0 Å². The predicted octanol–water partition coefficient (Wildman–Crippen LogP) is 2.93. The topological polar surface area (TPSA) is 39.1 Å². The van der Waals surface area contributed by atoms with Crippen LogP contribution in [0.1, 0.15) is 31.2 Å². The minimum atomic E-state index is 0.556. The summed E-state index contributed by atoms with van der Waals surface area (Å²) >= 11 is 6.15. The molecule has 0 spiro atoms. The average Bonchev–Trinajstić information content (AvgIpc) is 3.09. The average molecular weight is 276 g/mol. The quantitative estimate of drug-likeness (QED) is 0.902. The molecule has 0 bridgehead atoms. The van der Waals surface area contributed by atoms with E-state index in [-0.39, 0.29) is 0 Å². The fraction of sp³-hybridized carbons (Fsp3) is 0.533. The van der Waals surface area contributed by atoms with Gasteiger partial charge in [-0.05, 0) is 50.4 Å². The molecule has 1 aromatic rings. The number of nitriles is 1. The summed E-state index contributed by atoms with van der Waals surface area (Å²) in [6.45, 7) is 2.23. The Labute approximate surface area is 119 Å². The van der Waals surface area contributed by atoms with Gasteiger partial charge in [-0.15, -0.1) is 0 Å². The van der Waals surface area contributed by atoms with Crippen molar-refractivity contribution in [1.29, 1.82) is 5.26 Å². The number of hydrogen-bond acceptors (Lipinski definition) is 3. The Kier molecular flexibility index (Phi) is 3.63. The smallest absolute Gasteiger partial charge is 0.101 e. The van der Waals surface area contributed by atoms with Gasteiger partial charge in [-0.25, -0.2) is 0 Å². The summed E-state index contributed by atoms with van der Waals surface area (Å²) in [6.07, 6.45) is 5.03. The first kappa shape index (κ1) is 12.8. The molecular formula is C15H18ClN3. The highest BCUT2D eigenvalue weighted by atomic mass is 35.5. The van der Waals surface area contributed by atoms with Crippen LogP contribution in [-0.4, -0.2) is 25.2 Å². The number of hydrogen-bond donors (Lipinski definition) is 1. The molecule has 4 heteroatoms. The summed E-state index contributed by atoms with van der Waals surface area (Å²) < 4.78 is 0. The monoisotopic (exact) mass is 275 g/mol. The second-order valence-corrected chi connectivity index (χ2v) is 5.79. The maximum Gasteiger partial charge on any atom is 0.101 e. The Hall–Kier alpha value is -1.24. The minimum Gasteiger partial charge on any atom is -0.367 e. The van der Waals surface area contributed by atoms with Crippen molar-refractivity contribution in [2.45, 2.75) is 37.8 Å². The van der Waals surface area contributed by atoms with Gasteiger partial charge in [0.2, 0.25) is 0 Å². The molecule has 3 nitrogen and oxygen atoms in total. The molecule has 0 aliphatic carbocycles. The molecule has 2 aliphatic heterocycles. The normalized spacial score (nSPS) is 26.6. The van der Waals surface area contributed by atoms with Crippen molar-refractivity contribution in [3.05, 3.63) is 28.8 Å². The molecule has 2 aliphatic rings. The van der Waals surface area contributed by atoms with Gasteiger partial charge in [0, 0.05) is 24.3 Å². The molecule has 3 rings (SSSR count). The van der Waals surface area contributed by atoms with E-state index < -0.39 is 0 Å². The zero-order valence-corrected chi connectivity index (χ0v) is 11.7. The standard InChI is InChI=1S/C15H18ClN3/c16-13-9-12(6-5-11(13)10-17)19-8-2-4-15(19)14-3-1-7-18-14/h5-6,9,14-15,18H,1-4,7-8H2. The van der Waals surface area contributed by atoms with Gasteiger partial charge in [0.1, 0.15) is 6.07 Å². The third-order valence-corrected chi connectivity index (χ3v) is 4.58. The van der Waals surface area contributed by atoms with Crippen LogP contribution in [-0.2, 0) is 0 Å². The van der Waals surface area contributed by atoms with E-state index in [1.165, 1.54) is 25.7 Å². The molecule has 0 aromatic heterocycles. The lowest BCUT2D eigenvalue weighted by Crippen LogP contribution is -2.44. The van der Waals surface area contributed by atoms with E-state index >= 15 is 0 Å². The van der Waals surface area contributed by atoms with E-state index in [0.29, 0.717) is 22.7 Å². The molecule has 0 saturated carbocycles. The van der Waals surface area contributed by atoms with Crippen molar-refractivity contribution in [3.63, 3.8) is 0 Å². The highest BCUT2D eigenvalue weighted by Gasteiger charge is 2.33. The predicted molar refractivity (Wildman–Crippen MR) is 77.6 cm³/mol. The number of nitrogens with zero attached hydrogens (tertiary/aromatic N) is 2. The van der Waals surface area contributed by atoms with E-state index in [1.807, 2.05) is 18.2 Å². The second-order valence-electron chi connectivity index (χ2n) is 5.38. The Morgan fingerprint density at radius 3 is 2.89 bits per heavy atom. The molecule has 2 saturated heterocycles.